The number of nitriles is 1. The minimum atomic E-state index is 0.484. The molecule has 0 radical (unpaired) electrons. The summed E-state index contributed by atoms with van der Waals surface area (Å²) in [6, 6.07) is 16.7. The molecule has 0 unspecified atom stereocenters. The molecule has 22 heavy (non-hydrogen) atoms. The summed E-state index contributed by atoms with van der Waals surface area (Å²) in [6.45, 7) is 4.04. The Hall–Kier alpha value is -2.54. The van der Waals surface area contributed by atoms with Gasteiger partial charge in [0.25, 0.3) is 0 Å². The van der Waals surface area contributed by atoms with Gasteiger partial charge in [0, 0.05) is 24.8 Å². The molecule has 4 nitrogen and oxygen atoms in total. The predicted octanol–water partition coefficient (Wildman–Crippen LogP) is 3.34. The van der Waals surface area contributed by atoms with Gasteiger partial charge in [0.05, 0.1) is 0 Å². The summed E-state index contributed by atoms with van der Waals surface area (Å²) in [6.07, 6.45) is 2.15. The van der Waals surface area contributed by atoms with Gasteiger partial charge in [0.2, 0.25) is 0 Å². The van der Waals surface area contributed by atoms with Crippen LogP contribution in [0.5, 0.6) is 0 Å². The van der Waals surface area contributed by atoms with Crippen LogP contribution in [-0.4, -0.2) is 24.1 Å². The molecular formula is C18H20N4. The third kappa shape index (κ3) is 3.37. The quantitative estimate of drug-likeness (QED) is 0.942. The first-order valence-electron chi connectivity index (χ1n) is 7.70. The molecule has 0 aliphatic carbocycles. The fourth-order valence-electron chi connectivity index (χ4n) is 2.89. The molecule has 1 aliphatic heterocycles. The van der Waals surface area contributed by atoms with Gasteiger partial charge < -0.3 is 10.2 Å². The molecule has 0 atom stereocenters. The van der Waals surface area contributed by atoms with Gasteiger partial charge in [-0.25, -0.2) is 4.98 Å². The fraction of sp³-hybridized carbons (Fsp3) is 0.333. The van der Waals surface area contributed by atoms with Crippen molar-refractivity contribution < 1.29 is 0 Å². The van der Waals surface area contributed by atoms with Crippen molar-refractivity contribution in [2.45, 2.75) is 25.8 Å². The minimum Gasteiger partial charge on any atom is -0.382 e. The second kappa shape index (κ2) is 6.48. The molecule has 2 heterocycles. The van der Waals surface area contributed by atoms with Crippen LogP contribution < -0.4 is 10.2 Å². The highest BCUT2D eigenvalue weighted by atomic mass is 15.2. The van der Waals surface area contributed by atoms with Gasteiger partial charge >= 0.3 is 0 Å². The van der Waals surface area contributed by atoms with Crippen LogP contribution in [0.15, 0.2) is 42.5 Å². The Morgan fingerprint density at radius 2 is 1.95 bits per heavy atom. The van der Waals surface area contributed by atoms with Crippen LogP contribution in [0.3, 0.4) is 0 Å². The van der Waals surface area contributed by atoms with Gasteiger partial charge in [-0.2, -0.15) is 5.26 Å². The predicted molar refractivity (Wildman–Crippen MR) is 89.0 cm³/mol. The second-order valence-corrected chi connectivity index (χ2v) is 5.77. The van der Waals surface area contributed by atoms with Crippen LogP contribution >= 0.6 is 0 Å². The van der Waals surface area contributed by atoms with E-state index < -0.39 is 0 Å². The fourth-order valence-corrected chi connectivity index (χ4v) is 2.89. The number of aryl methyl sites for hydroxylation is 1. The normalized spacial score (nSPS) is 15.4. The van der Waals surface area contributed by atoms with Crippen LogP contribution in [0.4, 0.5) is 11.5 Å². The maximum Gasteiger partial charge on any atom is 0.142 e. The molecule has 2 aromatic rings. The number of nitrogens with zero attached hydrogens (tertiary/aromatic N) is 3. The third-order valence-electron chi connectivity index (χ3n) is 4.06. The average molecular weight is 292 g/mol. The number of anilines is 2. The summed E-state index contributed by atoms with van der Waals surface area (Å²) in [4.78, 5) is 6.64. The Morgan fingerprint density at radius 1 is 1.18 bits per heavy atom. The van der Waals surface area contributed by atoms with E-state index in [4.69, 9.17) is 5.26 Å². The molecule has 1 aromatic carbocycles. The molecule has 112 valence electrons. The molecule has 1 aliphatic rings. The lowest BCUT2D eigenvalue weighted by molar-refractivity contribution is 0.523. The lowest BCUT2D eigenvalue weighted by Crippen LogP contribution is -2.39. The molecule has 0 saturated carbocycles. The molecule has 3 rings (SSSR count). The Morgan fingerprint density at radius 3 is 2.68 bits per heavy atom. The summed E-state index contributed by atoms with van der Waals surface area (Å²) in [7, 11) is 0. The van der Waals surface area contributed by atoms with E-state index in [-0.39, 0.29) is 0 Å². The van der Waals surface area contributed by atoms with E-state index in [0.717, 1.165) is 31.7 Å². The number of rotatable bonds is 3. The number of aromatic nitrogens is 1. The van der Waals surface area contributed by atoms with E-state index in [1.807, 2.05) is 12.1 Å². The summed E-state index contributed by atoms with van der Waals surface area (Å²) in [5, 5.41) is 12.6. The standard InChI is InChI=1S/C18H20N4/c1-14-4-2-5-16(12-14)20-15-8-10-22(11-9-15)18-7-3-6-17(13-19)21-18/h2-7,12,15,20H,8-11H2,1H3. The van der Waals surface area contributed by atoms with Crippen molar-refractivity contribution in [1.82, 2.24) is 4.98 Å². The second-order valence-electron chi connectivity index (χ2n) is 5.77. The number of hydrogen-bond acceptors (Lipinski definition) is 4. The Balaban J connectivity index is 1.59. The number of nitrogens with one attached hydrogen (secondary N) is 1. The Kier molecular flexibility index (Phi) is 4.24. The maximum atomic E-state index is 8.95. The van der Waals surface area contributed by atoms with Gasteiger partial charge in [-0.1, -0.05) is 18.2 Å². The minimum absolute atomic E-state index is 0.484. The van der Waals surface area contributed by atoms with Crippen LogP contribution in [0.1, 0.15) is 24.1 Å². The lowest BCUT2D eigenvalue weighted by atomic mass is 10.0. The summed E-state index contributed by atoms with van der Waals surface area (Å²) in [5.74, 6) is 0.910. The van der Waals surface area contributed by atoms with E-state index in [1.165, 1.54) is 11.3 Å². The van der Waals surface area contributed by atoms with Gasteiger partial charge in [-0.15, -0.1) is 0 Å². The molecule has 0 amide bonds. The highest BCUT2D eigenvalue weighted by molar-refractivity contribution is 5.47. The summed E-state index contributed by atoms with van der Waals surface area (Å²) in [5.41, 5.74) is 2.96. The first-order valence-corrected chi connectivity index (χ1v) is 7.70. The molecule has 4 heteroatoms. The van der Waals surface area contributed by atoms with Crippen molar-refractivity contribution in [1.29, 1.82) is 5.26 Å². The van der Waals surface area contributed by atoms with Crippen molar-refractivity contribution in [3.05, 3.63) is 53.7 Å². The zero-order chi connectivity index (χ0) is 15.4. The summed E-state index contributed by atoms with van der Waals surface area (Å²) >= 11 is 0. The lowest BCUT2D eigenvalue weighted by Gasteiger charge is -2.33. The van der Waals surface area contributed by atoms with E-state index in [9.17, 15) is 0 Å². The maximum absolute atomic E-state index is 8.95. The average Bonchev–Trinajstić information content (AvgIpc) is 2.56. The first kappa shape index (κ1) is 14.4. The smallest absolute Gasteiger partial charge is 0.142 e. The SMILES string of the molecule is Cc1cccc(NC2CCN(c3cccc(C#N)n3)CC2)c1. The highest BCUT2D eigenvalue weighted by Gasteiger charge is 2.20. The largest absolute Gasteiger partial charge is 0.382 e. The molecule has 0 bridgehead atoms. The topological polar surface area (TPSA) is 52.0 Å². The van der Waals surface area contributed by atoms with E-state index in [2.05, 4.69) is 52.5 Å². The molecule has 1 aromatic heterocycles. The zero-order valence-corrected chi connectivity index (χ0v) is 12.8. The molecule has 0 spiro atoms. The number of piperidine rings is 1. The van der Waals surface area contributed by atoms with Crippen molar-refractivity contribution in [3.8, 4) is 6.07 Å². The van der Waals surface area contributed by atoms with Crippen LogP contribution in [-0.2, 0) is 0 Å². The van der Waals surface area contributed by atoms with Gasteiger partial charge in [0.1, 0.15) is 17.6 Å². The van der Waals surface area contributed by atoms with Crippen molar-refractivity contribution in [2.75, 3.05) is 23.3 Å². The molecule has 1 fully saturated rings. The van der Waals surface area contributed by atoms with Crippen molar-refractivity contribution in [3.63, 3.8) is 0 Å². The van der Waals surface area contributed by atoms with Crippen LogP contribution in [0.2, 0.25) is 0 Å². The number of pyridine rings is 1. The van der Waals surface area contributed by atoms with Gasteiger partial charge in [-0.05, 0) is 49.6 Å². The van der Waals surface area contributed by atoms with E-state index >= 15 is 0 Å². The van der Waals surface area contributed by atoms with Gasteiger partial charge in [0.15, 0.2) is 0 Å². The number of benzene rings is 1. The molecular weight excluding hydrogens is 272 g/mol. The van der Waals surface area contributed by atoms with Gasteiger partial charge in [-0.3, -0.25) is 0 Å². The zero-order valence-electron chi connectivity index (χ0n) is 12.8. The Bertz CT molecular complexity index is 681. The monoisotopic (exact) mass is 292 g/mol. The highest BCUT2D eigenvalue weighted by Crippen LogP contribution is 2.21. The van der Waals surface area contributed by atoms with Crippen LogP contribution in [0.25, 0.3) is 0 Å². The van der Waals surface area contributed by atoms with Crippen molar-refractivity contribution in [2.24, 2.45) is 0 Å². The van der Waals surface area contributed by atoms with E-state index in [0.29, 0.717) is 11.7 Å². The Labute approximate surface area is 131 Å². The molecule has 1 saturated heterocycles. The summed E-state index contributed by atoms with van der Waals surface area (Å²) < 4.78 is 0. The molecule has 1 N–H and O–H groups in total. The van der Waals surface area contributed by atoms with Crippen LogP contribution in [0, 0.1) is 18.3 Å². The number of hydrogen-bond donors (Lipinski definition) is 1. The third-order valence-corrected chi connectivity index (χ3v) is 4.06. The van der Waals surface area contributed by atoms with E-state index in [1.54, 1.807) is 6.07 Å². The van der Waals surface area contributed by atoms with Crippen molar-refractivity contribution >= 4 is 11.5 Å². The first-order chi connectivity index (χ1) is 10.7.